The summed E-state index contributed by atoms with van der Waals surface area (Å²) in [5.74, 6) is 0.908. The predicted molar refractivity (Wildman–Crippen MR) is 130 cm³/mol. The smallest absolute Gasteiger partial charge is 0.234 e. The molecule has 0 bridgehead atoms. The van der Waals surface area contributed by atoms with Gasteiger partial charge in [-0.25, -0.2) is 4.68 Å². The second-order valence-corrected chi connectivity index (χ2v) is 9.29. The zero-order chi connectivity index (χ0) is 22.5. The summed E-state index contributed by atoms with van der Waals surface area (Å²) < 4.78 is 4.93. The van der Waals surface area contributed by atoms with Crippen molar-refractivity contribution in [3.05, 3.63) is 46.7 Å². The van der Waals surface area contributed by atoms with Crippen LogP contribution in [-0.2, 0) is 11.5 Å². The fourth-order valence-electron chi connectivity index (χ4n) is 4.55. The molecule has 2 aliphatic rings. The van der Waals surface area contributed by atoms with Gasteiger partial charge < -0.3 is 5.32 Å². The molecule has 7 nitrogen and oxygen atoms in total. The van der Waals surface area contributed by atoms with Gasteiger partial charge in [0.25, 0.3) is 0 Å². The maximum Gasteiger partial charge on any atom is 0.234 e. The van der Waals surface area contributed by atoms with Gasteiger partial charge in [0.05, 0.1) is 18.2 Å². The molecule has 0 unspecified atom stereocenters. The normalized spacial score (nSPS) is 18.2. The van der Waals surface area contributed by atoms with Crippen molar-refractivity contribution < 1.29 is 4.79 Å². The average Bonchev–Trinajstić information content (AvgIpc) is 3.42. The lowest BCUT2D eigenvalue weighted by molar-refractivity contribution is -0.122. The number of hydrogen-bond acceptors (Lipinski definition) is 5. The maximum absolute atomic E-state index is 12.0. The summed E-state index contributed by atoms with van der Waals surface area (Å²) in [6.45, 7) is 8.64. The van der Waals surface area contributed by atoms with E-state index in [1.54, 1.807) is 6.08 Å². The van der Waals surface area contributed by atoms with Gasteiger partial charge in [-0.05, 0) is 37.2 Å². The number of nitrogens with one attached hydrogen (secondary N) is 1. The van der Waals surface area contributed by atoms with Crippen LogP contribution in [0.1, 0.15) is 31.7 Å². The molecule has 1 N–H and O–H groups in total. The molecule has 4 rings (SSSR count). The molecule has 0 atom stereocenters. The first kappa shape index (κ1) is 23.2. The number of hydrogen-bond donors (Lipinski definition) is 1. The van der Waals surface area contributed by atoms with E-state index < -0.39 is 0 Å². The Hall–Kier alpha value is -2.00. The number of rotatable bonds is 8. The van der Waals surface area contributed by atoms with Crippen LogP contribution in [0.2, 0.25) is 5.02 Å². The minimum atomic E-state index is 0.0419. The van der Waals surface area contributed by atoms with Gasteiger partial charge in [-0.1, -0.05) is 42.7 Å². The lowest BCUT2D eigenvalue weighted by Gasteiger charge is -2.33. The maximum atomic E-state index is 12.0. The molecule has 1 amide bonds. The van der Waals surface area contributed by atoms with Gasteiger partial charge in [0.2, 0.25) is 5.91 Å². The quantitative estimate of drug-likeness (QED) is 0.466. The third-order valence-corrected chi connectivity index (χ3v) is 7.02. The third-order valence-electron chi connectivity index (χ3n) is 6.28. The zero-order valence-corrected chi connectivity index (χ0v) is 20.0. The van der Waals surface area contributed by atoms with Crippen molar-refractivity contribution in [1.29, 1.82) is 0 Å². The van der Waals surface area contributed by atoms with Crippen LogP contribution in [0, 0.1) is 4.77 Å². The molecular weight excluding hydrogens is 444 g/mol. The van der Waals surface area contributed by atoms with E-state index in [1.807, 2.05) is 28.9 Å². The fraction of sp³-hybridized carbons (Fsp3) is 0.522. The molecule has 2 fully saturated rings. The van der Waals surface area contributed by atoms with Crippen LogP contribution in [0.5, 0.6) is 0 Å². The van der Waals surface area contributed by atoms with Crippen molar-refractivity contribution in [3.63, 3.8) is 0 Å². The minimum absolute atomic E-state index is 0.0419. The first-order valence-corrected chi connectivity index (χ1v) is 12.1. The van der Waals surface area contributed by atoms with E-state index >= 15 is 0 Å². The molecule has 1 saturated carbocycles. The van der Waals surface area contributed by atoms with Crippen LogP contribution >= 0.6 is 23.8 Å². The van der Waals surface area contributed by atoms with Gasteiger partial charge in [0, 0.05) is 44.3 Å². The van der Waals surface area contributed by atoms with E-state index in [9.17, 15) is 4.79 Å². The SMILES string of the molecule is C=CCNC(=O)CN1CCN(Cn2nc(-c3ccccc3Cl)n(C3CCCC3)c2=S)CC1. The fourth-order valence-corrected chi connectivity index (χ4v) is 5.11. The Morgan fingerprint density at radius 2 is 1.88 bits per heavy atom. The first-order chi connectivity index (χ1) is 15.6. The van der Waals surface area contributed by atoms with Crippen LogP contribution in [-0.4, -0.2) is 69.3 Å². The summed E-state index contributed by atoms with van der Waals surface area (Å²) >= 11 is 12.4. The molecule has 32 heavy (non-hydrogen) atoms. The highest BCUT2D eigenvalue weighted by Gasteiger charge is 2.26. The van der Waals surface area contributed by atoms with E-state index in [0.29, 0.717) is 30.8 Å². The summed E-state index contributed by atoms with van der Waals surface area (Å²) in [6, 6.07) is 8.24. The Balaban J connectivity index is 1.47. The molecule has 1 aliphatic carbocycles. The first-order valence-electron chi connectivity index (χ1n) is 11.3. The standard InChI is InChI=1S/C23H31ClN6OS/c1-2-11-25-21(31)16-27-12-14-28(15-13-27)17-29-23(32)30(18-7-3-4-8-18)22(26-29)19-9-5-6-10-20(19)24/h2,5-6,9-10,18H,1,3-4,7-8,11-17H2,(H,25,31). The van der Waals surface area contributed by atoms with Gasteiger partial charge in [-0.3, -0.25) is 19.2 Å². The summed E-state index contributed by atoms with van der Waals surface area (Å²) in [6.07, 6.45) is 6.40. The molecule has 2 heterocycles. The Morgan fingerprint density at radius 3 is 2.56 bits per heavy atom. The molecule has 1 aromatic carbocycles. The average molecular weight is 475 g/mol. The number of amides is 1. The van der Waals surface area contributed by atoms with Crippen LogP contribution in [0.4, 0.5) is 0 Å². The second-order valence-electron chi connectivity index (χ2n) is 8.52. The Kier molecular flexibility index (Phi) is 7.78. The zero-order valence-electron chi connectivity index (χ0n) is 18.4. The molecule has 0 radical (unpaired) electrons. The number of nitrogens with zero attached hydrogens (tertiary/aromatic N) is 5. The lowest BCUT2D eigenvalue weighted by atomic mass is 10.2. The molecule has 0 spiro atoms. The highest BCUT2D eigenvalue weighted by molar-refractivity contribution is 7.71. The van der Waals surface area contributed by atoms with Gasteiger partial charge in [0.1, 0.15) is 0 Å². The number of halogens is 1. The van der Waals surface area contributed by atoms with Gasteiger partial charge in [-0.2, -0.15) is 5.10 Å². The Morgan fingerprint density at radius 1 is 1.19 bits per heavy atom. The van der Waals surface area contributed by atoms with Crippen molar-refractivity contribution in [2.24, 2.45) is 0 Å². The molecule has 172 valence electrons. The summed E-state index contributed by atoms with van der Waals surface area (Å²) in [7, 11) is 0. The van der Waals surface area contributed by atoms with Gasteiger partial charge in [-0.15, -0.1) is 6.58 Å². The van der Waals surface area contributed by atoms with Gasteiger partial charge >= 0.3 is 0 Å². The summed E-state index contributed by atoms with van der Waals surface area (Å²) in [5.41, 5.74) is 0.932. The van der Waals surface area contributed by atoms with E-state index in [2.05, 4.69) is 26.3 Å². The molecule has 9 heteroatoms. The predicted octanol–water partition coefficient (Wildman–Crippen LogP) is 3.73. The van der Waals surface area contributed by atoms with Crippen molar-refractivity contribution in [1.82, 2.24) is 29.5 Å². The van der Waals surface area contributed by atoms with Gasteiger partial charge in [0.15, 0.2) is 10.6 Å². The number of piperazine rings is 1. The third kappa shape index (κ3) is 5.31. The second kappa shape index (κ2) is 10.7. The van der Waals surface area contributed by atoms with Crippen molar-refractivity contribution in [2.75, 3.05) is 39.3 Å². The van der Waals surface area contributed by atoms with E-state index in [4.69, 9.17) is 28.9 Å². The molecule has 1 aromatic heterocycles. The lowest BCUT2D eigenvalue weighted by Crippen LogP contribution is -2.49. The van der Waals surface area contributed by atoms with Crippen LogP contribution in [0.15, 0.2) is 36.9 Å². The topological polar surface area (TPSA) is 58.3 Å². The molecular formula is C23H31ClN6OS. The Bertz CT molecular complexity index is 1000. The molecule has 1 aliphatic heterocycles. The number of carbonyl (C=O) groups is 1. The monoisotopic (exact) mass is 474 g/mol. The Labute approximate surface area is 199 Å². The highest BCUT2D eigenvalue weighted by atomic mass is 35.5. The molecule has 2 aromatic rings. The number of aromatic nitrogens is 3. The van der Waals surface area contributed by atoms with E-state index in [0.717, 1.165) is 55.2 Å². The van der Waals surface area contributed by atoms with Crippen molar-refractivity contribution in [3.8, 4) is 11.4 Å². The van der Waals surface area contributed by atoms with Crippen molar-refractivity contribution >= 4 is 29.7 Å². The summed E-state index contributed by atoms with van der Waals surface area (Å²) in [4.78, 5) is 16.5. The van der Waals surface area contributed by atoms with Crippen molar-refractivity contribution in [2.45, 2.75) is 38.4 Å². The van der Waals surface area contributed by atoms with Crippen LogP contribution in [0.25, 0.3) is 11.4 Å². The van der Waals surface area contributed by atoms with E-state index in [-0.39, 0.29) is 5.91 Å². The van der Waals surface area contributed by atoms with Crippen LogP contribution < -0.4 is 5.32 Å². The number of carbonyl (C=O) groups excluding carboxylic acids is 1. The number of benzene rings is 1. The molecule has 1 saturated heterocycles. The largest absolute Gasteiger partial charge is 0.352 e. The highest BCUT2D eigenvalue weighted by Crippen LogP contribution is 2.35. The minimum Gasteiger partial charge on any atom is -0.352 e. The van der Waals surface area contributed by atoms with Crippen LogP contribution in [0.3, 0.4) is 0 Å². The summed E-state index contributed by atoms with van der Waals surface area (Å²) in [5, 5.41) is 8.48. The van der Waals surface area contributed by atoms with E-state index in [1.165, 1.54) is 12.8 Å².